The van der Waals surface area contributed by atoms with E-state index in [9.17, 15) is 24.5 Å². The maximum Gasteiger partial charge on any atom is 0.206 e. The largest absolute Gasteiger partial charge is 0.295 e. The number of hydrogen-bond donors (Lipinski definition) is 0. The summed E-state index contributed by atoms with van der Waals surface area (Å²) in [5.74, 6) is -0.599. The van der Waals surface area contributed by atoms with E-state index >= 15 is 0 Å². The number of benzene rings is 4. The average molecular weight is 587 g/mol. The molecule has 0 saturated heterocycles. The van der Waals surface area contributed by atoms with Crippen molar-refractivity contribution in [3.8, 4) is 34.6 Å². The van der Waals surface area contributed by atoms with Gasteiger partial charge in [0.05, 0.1) is 11.0 Å². The molecule has 212 valence electrons. The number of nitrogens with zero attached hydrogens (tertiary/aromatic N) is 6. The molecule has 7 rings (SSSR count). The molecule has 0 aliphatic carbocycles. The van der Waals surface area contributed by atoms with Gasteiger partial charge in [0.1, 0.15) is 21.7 Å². The van der Waals surface area contributed by atoms with Crippen LogP contribution in [0.3, 0.4) is 0 Å². The van der Waals surface area contributed by atoms with E-state index in [1.54, 1.807) is 36.4 Å². The summed E-state index contributed by atoms with van der Waals surface area (Å²) in [6, 6.07) is 25.4. The fourth-order valence-electron chi connectivity index (χ4n) is 5.80. The lowest BCUT2D eigenvalue weighted by Gasteiger charge is -2.04. The second kappa shape index (κ2) is 10.7. The lowest BCUT2D eigenvalue weighted by Crippen LogP contribution is -2.03. The van der Waals surface area contributed by atoms with Crippen molar-refractivity contribution in [2.24, 2.45) is 9.98 Å². The number of halogens is 1. The summed E-state index contributed by atoms with van der Waals surface area (Å²) in [6.07, 6.45) is 3.79. The molecule has 45 heavy (non-hydrogen) atoms. The third-order valence-electron chi connectivity index (χ3n) is 8.01. The molecule has 1 aromatic heterocycles. The van der Waals surface area contributed by atoms with Gasteiger partial charge in [-0.3, -0.25) is 9.59 Å². The predicted molar refractivity (Wildman–Crippen MR) is 168 cm³/mol. The number of ketones is 2. The average Bonchev–Trinajstić information content (AvgIpc) is 3.54. The molecule has 6 aromatic carbocycles. The summed E-state index contributed by atoms with van der Waals surface area (Å²) in [5, 5.41) is 22.8. The maximum atomic E-state index is 12.8. The van der Waals surface area contributed by atoms with Crippen molar-refractivity contribution in [2.45, 2.75) is 6.92 Å². The minimum absolute atomic E-state index is 0.0156. The van der Waals surface area contributed by atoms with E-state index in [1.807, 2.05) is 60.9 Å². The van der Waals surface area contributed by atoms with E-state index in [1.165, 1.54) is 6.92 Å². The molecule has 0 spiro atoms. The van der Waals surface area contributed by atoms with E-state index in [0.29, 0.717) is 49.1 Å². The first-order valence-corrected chi connectivity index (χ1v) is 13.9. The van der Waals surface area contributed by atoms with Crippen LogP contribution in [-0.2, 0) is 0 Å². The van der Waals surface area contributed by atoms with E-state index in [2.05, 4.69) is 9.98 Å². The lowest BCUT2D eigenvalue weighted by molar-refractivity contribution is 0.0957. The summed E-state index contributed by atoms with van der Waals surface area (Å²) in [7, 11) is 0. The van der Waals surface area contributed by atoms with E-state index < -0.39 is 12.5 Å². The van der Waals surface area contributed by atoms with Gasteiger partial charge >= 0.3 is 0 Å². The Kier molecular flexibility index (Phi) is 6.50. The van der Waals surface area contributed by atoms with Crippen LogP contribution in [0.4, 0.5) is 4.39 Å². The molecule has 0 aliphatic heterocycles. The molecule has 0 atom stereocenters. The van der Waals surface area contributed by atoms with Crippen molar-refractivity contribution in [3.63, 3.8) is 0 Å². The highest BCUT2D eigenvalue weighted by Crippen LogP contribution is 2.32. The van der Waals surface area contributed by atoms with Crippen LogP contribution in [0.2, 0.25) is 0 Å². The zero-order chi connectivity index (χ0) is 31.2. The van der Waals surface area contributed by atoms with Gasteiger partial charge in [-0.1, -0.05) is 72.8 Å². The van der Waals surface area contributed by atoms with Crippen LogP contribution in [0.15, 0.2) is 94.9 Å². The molecule has 0 saturated carbocycles. The molecule has 0 bridgehead atoms. The Hall–Kier alpha value is -6.45. The fraction of sp³-hybridized carbons (Fsp3) is 0.0556. The first kappa shape index (κ1) is 27.4. The molecule has 8 nitrogen and oxygen atoms in total. The van der Waals surface area contributed by atoms with Crippen molar-refractivity contribution in [1.82, 2.24) is 9.97 Å². The minimum atomic E-state index is -1.06. The van der Waals surface area contributed by atoms with Gasteiger partial charge < -0.3 is 0 Å². The zero-order valence-electron chi connectivity index (χ0n) is 23.7. The summed E-state index contributed by atoms with van der Waals surface area (Å²) in [6.45, 7) is 0.462. The molecule has 0 amide bonds. The molecule has 1 heterocycles. The number of carbonyl (C=O) groups excluding carboxylic acids is 2. The number of Topliss-reactive ketones (excluding diaryl/α,β-unsaturated/α-hetero) is 2. The Bertz CT molecular complexity index is 2580. The molecule has 0 fully saturated rings. The quantitative estimate of drug-likeness (QED) is 0.169. The van der Waals surface area contributed by atoms with Crippen LogP contribution >= 0.6 is 0 Å². The van der Waals surface area contributed by atoms with Gasteiger partial charge in [-0.25, -0.2) is 14.4 Å². The number of aromatic nitrogens is 2. The predicted octanol–water partition coefficient (Wildman–Crippen LogP) is 6.42. The van der Waals surface area contributed by atoms with Crippen LogP contribution < -0.4 is 10.7 Å². The fourth-order valence-corrected chi connectivity index (χ4v) is 5.80. The van der Waals surface area contributed by atoms with Gasteiger partial charge in [0.2, 0.25) is 12.4 Å². The smallest absolute Gasteiger partial charge is 0.206 e. The van der Waals surface area contributed by atoms with Crippen molar-refractivity contribution in [3.05, 3.63) is 107 Å². The van der Waals surface area contributed by atoms with Crippen molar-refractivity contribution < 1.29 is 14.0 Å². The Morgan fingerprint density at radius 3 is 1.44 bits per heavy atom. The van der Waals surface area contributed by atoms with Crippen LogP contribution in [0.1, 0.15) is 27.6 Å². The topological polar surface area (TPSA) is 132 Å². The SMILES string of the molecule is CC(=O)c1ccc(-c2ccc3c(c2)/c(=N\C#N)c2nc4c(nc23)/c(=N/C#N)c2cc(-c3ccc(C(=O)CF)cc3)ccc24)cc1. The Morgan fingerprint density at radius 1 is 0.622 bits per heavy atom. The molecular formula is C36H19FN6O2. The number of hydrogen-bond acceptors (Lipinski definition) is 8. The first-order chi connectivity index (χ1) is 21.9. The molecule has 0 radical (unpaired) electrons. The second-order valence-corrected chi connectivity index (χ2v) is 10.5. The molecule has 0 unspecified atom stereocenters. The number of alkyl halides is 1. The molecule has 0 aliphatic rings. The van der Waals surface area contributed by atoms with Gasteiger partial charge in [0.15, 0.2) is 18.2 Å². The number of carbonyl (C=O) groups is 2. The van der Waals surface area contributed by atoms with E-state index in [4.69, 9.17) is 9.97 Å². The van der Waals surface area contributed by atoms with Crippen LogP contribution in [-0.4, -0.2) is 28.2 Å². The highest BCUT2D eigenvalue weighted by Gasteiger charge is 2.19. The second-order valence-electron chi connectivity index (χ2n) is 10.5. The Labute approximate surface area is 254 Å². The standard InChI is InChI=1S/C36H19FN6O2/c1-19(44)20-2-4-21(5-3-20)24-10-12-26-28(14-24)31(40-17-38)35-33(26)42-36-32(41-18-39)29-15-25(11-13-27(29)34(36)43-35)22-6-8-23(9-7-22)30(45)16-37/h2-15H,16H2,1H3/b40-31+,41-32+. The first-order valence-electron chi connectivity index (χ1n) is 13.9. The molecule has 9 heteroatoms. The molecule has 0 N–H and O–H groups in total. The van der Waals surface area contributed by atoms with Gasteiger partial charge in [-0.15, -0.1) is 0 Å². The van der Waals surface area contributed by atoms with Gasteiger partial charge in [-0.2, -0.15) is 20.5 Å². The summed E-state index contributed by atoms with van der Waals surface area (Å²) in [4.78, 5) is 41.6. The summed E-state index contributed by atoms with van der Waals surface area (Å²) in [5.41, 5.74) is 6.24. The zero-order valence-corrected chi connectivity index (χ0v) is 23.7. The van der Waals surface area contributed by atoms with Crippen LogP contribution in [0, 0.1) is 22.9 Å². The van der Waals surface area contributed by atoms with Crippen LogP contribution in [0.5, 0.6) is 0 Å². The minimum Gasteiger partial charge on any atom is -0.295 e. The third-order valence-corrected chi connectivity index (χ3v) is 8.01. The van der Waals surface area contributed by atoms with E-state index in [0.717, 1.165) is 33.0 Å². The Balaban J connectivity index is 1.45. The third kappa shape index (κ3) is 4.43. The number of rotatable bonds is 5. The van der Waals surface area contributed by atoms with Crippen molar-refractivity contribution >= 4 is 55.2 Å². The highest BCUT2D eigenvalue weighted by molar-refractivity contribution is 6.15. The monoisotopic (exact) mass is 586 g/mol. The van der Waals surface area contributed by atoms with E-state index in [-0.39, 0.29) is 11.3 Å². The number of fused-ring (bicyclic) bond motifs is 6. The van der Waals surface area contributed by atoms with Gasteiger partial charge in [-0.05, 0) is 41.3 Å². The summed E-state index contributed by atoms with van der Waals surface area (Å²) >= 11 is 0. The number of nitriles is 2. The van der Waals surface area contributed by atoms with Crippen molar-refractivity contribution in [1.29, 1.82) is 10.5 Å². The normalized spacial score (nSPS) is 12.3. The van der Waals surface area contributed by atoms with Gasteiger partial charge in [0, 0.05) is 32.7 Å². The molecular weight excluding hydrogens is 567 g/mol. The van der Waals surface area contributed by atoms with Crippen LogP contribution in [0.25, 0.3) is 65.9 Å². The maximum absolute atomic E-state index is 12.8. The summed E-state index contributed by atoms with van der Waals surface area (Å²) < 4.78 is 12.8. The highest BCUT2D eigenvalue weighted by atomic mass is 19.1. The lowest BCUT2D eigenvalue weighted by atomic mass is 10.0. The van der Waals surface area contributed by atoms with Crippen molar-refractivity contribution in [2.75, 3.05) is 6.67 Å². The molecule has 7 aromatic rings. The Morgan fingerprint density at radius 2 is 1.04 bits per heavy atom. The van der Waals surface area contributed by atoms with Gasteiger partial charge in [0.25, 0.3) is 0 Å².